The van der Waals surface area contributed by atoms with E-state index in [1.807, 2.05) is 13.8 Å². The minimum Gasteiger partial charge on any atom is -0.343 e. The van der Waals surface area contributed by atoms with Crippen LogP contribution in [0.4, 0.5) is 45.5 Å². The van der Waals surface area contributed by atoms with Crippen molar-refractivity contribution in [3.8, 4) is 0 Å². The summed E-state index contributed by atoms with van der Waals surface area (Å²) in [6, 6.07) is 48.4. The Labute approximate surface area is 318 Å². The summed E-state index contributed by atoms with van der Waals surface area (Å²) >= 11 is 0. The Morgan fingerprint density at radius 1 is 0.509 bits per heavy atom. The maximum absolute atomic E-state index is 2.43. The number of aromatic nitrogens is 1. The van der Waals surface area contributed by atoms with Crippen molar-refractivity contribution < 1.29 is 0 Å². The lowest BCUT2D eigenvalue weighted by molar-refractivity contribution is 1.01. The van der Waals surface area contributed by atoms with Crippen molar-refractivity contribution in [1.29, 1.82) is 0 Å². The molecule has 0 saturated heterocycles. The second-order valence-corrected chi connectivity index (χ2v) is 13.4. The highest BCUT2D eigenvalue weighted by Gasteiger charge is 2.29. The zero-order chi connectivity index (χ0) is 38.1. The lowest BCUT2D eigenvalue weighted by Gasteiger charge is -2.38. The molecule has 0 bridgehead atoms. The van der Waals surface area contributed by atoms with Crippen LogP contribution in [0, 0.1) is 6.92 Å². The van der Waals surface area contributed by atoms with Gasteiger partial charge in [0.2, 0.25) is 0 Å². The maximum Gasteiger partial charge on any atom is 0.0720 e. The molecule has 0 spiro atoms. The Morgan fingerprint density at radius 3 is 1.68 bits per heavy atom. The van der Waals surface area contributed by atoms with Crippen molar-refractivity contribution in [3.63, 3.8) is 0 Å². The van der Waals surface area contributed by atoms with Gasteiger partial charge in [-0.2, -0.15) is 0 Å². The Hall–Kier alpha value is -5.48. The van der Waals surface area contributed by atoms with E-state index in [-0.39, 0.29) is 0 Å². The topological polar surface area (TPSA) is 14.7 Å². The normalized spacial score (nSPS) is 11.4. The largest absolute Gasteiger partial charge is 0.343 e. The number of anilines is 8. The summed E-state index contributed by atoms with van der Waals surface area (Å²) in [6.45, 7) is 17.0. The molecule has 0 amide bonds. The molecule has 1 aliphatic rings. The molecule has 274 valence electrons. The van der Waals surface area contributed by atoms with E-state index in [0.29, 0.717) is 0 Å². The molecular weight excluding hydrogens is 645 g/mol. The van der Waals surface area contributed by atoms with Crippen LogP contribution in [0.3, 0.4) is 0 Å². The molecule has 0 saturated carbocycles. The van der Waals surface area contributed by atoms with Gasteiger partial charge in [-0.05, 0) is 91.2 Å². The van der Waals surface area contributed by atoms with Gasteiger partial charge in [-0.15, -0.1) is 0 Å². The zero-order valence-electron chi connectivity index (χ0n) is 33.6. The Balaban J connectivity index is 0.000000627. The molecule has 4 heteroatoms. The van der Waals surface area contributed by atoms with E-state index in [1.54, 1.807) is 0 Å². The van der Waals surface area contributed by atoms with Gasteiger partial charge >= 0.3 is 0 Å². The fraction of sp³-hybridized carbons (Fsp3) is 0.265. The van der Waals surface area contributed by atoms with Crippen LogP contribution in [0.2, 0.25) is 0 Å². The summed E-state index contributed by atoms with van der Waals surface area (Å²) in [5.74, 6) is 0. The molecular formula is C49H58N4. The van der Waals surface area contributed by atoms with Gasteiger partial charge < -0.3 is 19.3 Å². The zero-order valence-corrected chi connectivity index (χ0v) is 33.6. The summed E-state index contributed by atoms with van der Waals surface area (Å²) in [5, 5.41) is 2.53. The molecule has 2 heterocycles. The monoisotopic (exact) mass is 702 g/mol. The van der Waals surface area contributed by atoms with Crippen molar-refractivity contribution in [3.05, 3.63) is 145 Å². The third-order valence-corrected chi connectivity index (χ3v) is 9.39. The summed E-state index contributed by atoms with van der Waals surface area (Å²) < 4.78 is 2.37. The minimum atomic E-state index is 0.966. The first-order valence-corrected chi connectivity index (χ1v) is 19.6. The van der Waals surface area contributed by atoms with Gasteiger partial charge in [-0.1, -0.05) is 128 Å². The van der Waals surface area contributed by atoms with E-state index in [0.717, 1.165) is 17.8 Å². The summed E-state index contributed by atoms with van der Waals surface area (Å²) in [6.07, 6.45) is 3.47. The van der Waals surface area contributed by atoms with E-state index >= 15 is 0 Å². The van der Waals surface area contributed by atoms with Gasteiger partial charge in [0.1, 0.15) is 0 Å². The molecule has 0 unspecified atom stereocenters. The smallest absolute Gasteiger partial charge is 0.0720 e. The predicted molar refractivity (Wildman–Crippen MR) is 235 cm³/mol. The molecule has 53 heavy (non-hydrogen) atoms. The molecule has 0 fully saturated rings. The first-order chi connectivity index (χ1) is 25.9. The highest BCUT2D eigenvalue weighted by molar-refractivity contribution is 6.14. The minimum absolute atomic E-state index is 0.966. The van der Waals surface area contributed by atoms with E-state index in [4.69, 9.17) is 0 Å². The molecule has 7 aromatic rings. The number of hydrogen-bond acceptors (Lipinski definition) is 3. The van der Waals surface area contributed by atoms with Gasteiger partial charge in [0.05, 0.1) is 39.5 Å². The van der Waals surface area contributed by atoms with Crippen LogP contribution in [0.1, 0.15) is 72.4 Å². The average Bonchev–Trinajstić information content (AvgIpc) is 3.46. The molecule has 4 nitrogen and oxygen atoms in total. The molecule has 6 aromatic carbocycles. The van der Waals surface area contributed by atoms with Crippen LogP contribution in [-0.4, -0.2) is 11.6 Å². The third kappa shape index (κ3) is 7.55. The number of fused-ring (bicyclic) bond motifs is 5. The van der Waals surface area contributed by atoms with E-state index < -0.39 is 0 Å². The third-order valence-electron chi connectivity index (χ3n) is 9.39. The summed E-state index contributed by atoms with van der Waals surface area (Å²) in [7, 11) is 4.39. The SMILES string of the molecule is CC.CCC.CCC.CCc1ccccc1N(c1ccccc1)c1cc2c(cc1C)c1cc3c(cc1n2C)N(c1ccccc1)c1ccccc1N3C. The number of nitrogens with zero attached hydrogens (tertiary/aromatic N) is 4. The fourth-order valence-electron chi connectivity index (χ4n) is 7.12. The van der Waals surface area contributed by atoms with Gasteiger partial charge in [-0.25, -0.2) is 0 Å². The van der Waals surface area contributed by atoms with E-state index in [1.165, 1.54) is 79.9 Å². The van der Waals surface area contributed by atoms with Crippen LogP contribution in [0.15, 0.2) is 133 Å². The molecule has 0 radical (unpaired) electrons. The van der Waals surface area contributed by atoms with Gasteiger partial charge in [0.25, 0.3) is 0 Å². The Kier molecular flexibility index (Phi) is 13.0. The van der Waals surface area contributed by atoms with Crippen molar-refractivity contribution in [2.45, 2.75) is 74.7 Å². The summed E-state index contributed by atoms with van der Waals surface area (Å²) in [4.78, 5) is 7.16. The van der Waals surface area contributed by atoms with E-state index in [9.17, 15) is 0 Å². The first-order valence-electron chi connectivity index (χ1n) is 19.6. The van der Waals surface area contributed by atoms with E-state index in [2.05, 4.69) is 208 Å². The van der Waals surface area contributed by atoms with Crippen LogP contribution < -0.4 is 14.7 Å². The van der Waals surface area contributed by atoms with Crippen LogP contribution >= 0.6 is 0 Å². The van der Waals surface area contributed by atoms with Crippen LogP contribution in [-0.2, 0) is 13.5 Å². The predicted octanol–water partition coefficient (Wildman–Crippen LogP) is 15.1. The number of para-hydroxylation sites is 5. The van der Waals surface area contributed by atoms with Gasteiger partial charge in [0, 0.05) is 41.9 Å². The van der Waals surface area contributed by atoms with Gasteiger partial charge in [-0.3, -0.25) is 0 Å². The fourth-order valence-corrected chi connectivity index (χ4v) is 7.12. The van der Waals surface area contributed by atoms with Crippen molar-refractivity contribution in [2.24, 2.45) is 7.05 Å². The van der Waals surface area contributed by atoms with Crippen LogP contribution in [0.25, 0.3) is 21.8 Å². The summed E-state index contributed by atoms with van der Waals surface area (Å²) in [5.41, 5.74) is 14.5. The molecule has 1 aliphatic heterocycles. The van der Waals surface area contributed by atoms with Gasteiger partial charge in [0.15, 0.2) is 0 Å². The first kappa shape index (κ1) is 38.7. The number of rotatable bonds is 5. The Morgan fingerprint density at radius 2 is 1.04 bits per heavy atom. The maximum atomic E-state index is 2.43. The second kappa shape index (κ2) is 17.8. The van der Waals surface area contributed by atoms with Crippen molar-refractivity contribution in [1.82, 2.24) is 4.57 Å². The molecule has 1 aromatic heterocycles. The molecule has 0 atom stereocenters. The Bertz CT molecular complexity index is 2230. The number of benzene rings is 6. The lowest BCUT2D eigenvalue weighted by Crippen LogP contribution is -2.24. The lowest BCUT2D eigenvalue weighted by atomic mass is 10.0. The molecule has 8 rings (SSSR count). The standard InChI is InChI=1S/C41H36N4.2C3H8.C2H6/c1-5-29-16-12-13-21-34(29)44(30-17-8-6-9-18-30)37-26-38-32(24-28(37)2)33-25-40-41(27-39(33)43(38)4)45(31-19-10-7-11-20-31)36-23-15-14-22-35(36)42(40)3;2*1-3-2;1-2/h6-27H,5H2,1-4H3;2*3H2,1-2H3;1-2H3. The molecule has 0 aliphatic carbocycles. The van der Waals surface area contributed by atoms with Crippen LogP contribution in [0.5, 0.6) is 0 Å². The second-order valence-electron chi connectivity index (χ2n) is 13.4. The highest BCUT2D eigenvalue weighted by Crippen LogP contribution is 2.53. The average molecular weight is 703 g/mol. The molecule has 0 N–H and O–H groups in total. The van der Waals surface area contributed by atoms with Crippen molar-refractivity contribution >= 4 is 67.3 Å². The quantitative estimate of drug-likeness (QED) is 0.177. The highest BCUT2D eigenvalue weighted by atomic mass is 15.3. The van der Waals surface area contributed by atoms with Crippen molar-refractivity contribution in [2.75, 3.05) is 21.7 Å². The number of hydrogen-bond donors (Lipinski definition) is 0. The number of aryl methyl sites for hydroxylation is 3.